The third kappa shape index (κ3) is 12.8. The zero-order valence-electron chi connectivity index (χ0n) is 58.6. The number of fused-ring (bicyclic) bond motifs is 17. The number of carbonyl (C=O) groups excluding carboxylic acids is 2. The summed E-state index contributed by atoms with van der Waals surface area (Å²) < 4.78 is 88.8. The summed E-state index contributed by atoms with van der Waals surface area (Å²) in [4.78, 5) is 25.0. The number of ether oxygens (including phenoxy) is 8. The van der Waals surface area contributed by atoms with Crippen LogP contribution in [0.2, 0.25) is 0 Å². The molecule has 14 rings (SSSR count). The summed E-state index contributed by atoms with van der Waals surface area (Å²) in [5, 5.41) is 20.7. The van der Waals surface area contributed by atoms with Gasteiger partial charge < -0.3 is 48.1 Å². The average molecular weight is 1310 g/mol. The molecule has 9 unspecified atom stereocenters. The van der Waals surface area contributed by atoms with Gasteiger partial charge in [0.1, 0.15) is 31.0 Å². The molecule has 0 radical (unpaired) electrons. The number of hydrogen-bond acceptors (Lipinski definition) is 12. The number of aliphatic hydroxyl groups is 2. The molecule has 2 aliphatic heterocycles. The zero-order chi connectivity index (χ0) is 67.0. The molecule has 3 aromatic rings. The third-order valence-electron chi connectivity index (χ3n) is 27.1. The van der Waals surface area contributed by atoms with E-state index in [0.29, 0.717) is 117 Å². The number of hydrogen-bond donors (Lipinski definition) is 2. The molecule has 0 amide bonds. The van der Waals surface area contributed by atoms with Crippen LogP contribution in [-0.2, 0) is 52.5 Å². The summed E-state index contributed by atoms with van der Waals surface area (Å²) in [6.45, 7) is 17.7. The van der Waals surface area contributed by atoms with Gasteiger partial charge in [-0.05, 0) is 303 Å². The topological polar surface area (TPSA) is 148 Å². The van der Waals surface area contributed by atoms with Crippen LogP contribution in [0.5, 0.6) is 17.2 Å². The summed E-state index contributed by atoms with van der Waals surface area (Å²) in [5.74, 6) is 4.56. The minimum Gasteiger partial charge on any atom is -0.488 e. The molecule has 522 valence electrons. The second kappa shape index (κ2) is 28.8. The molecule has 8 fully saturated rings. The van der Waals surface area contributed by atoms with Gasteiger partial charge in [-0.2, -0.15) is 0 Å². The lowest BCUT2D eigenvalue weighted by atomic mass is 9.52. The van der Waals surface area contributed by atoms with E-state index in [4.69, 9.17) is 43.0 Å². The number of halogens is 3. The fourth-order valence-electron chi connectivity index (χ4n) is 22.0. The number of methoxy groups -OCH3 is 3. The van der Waals surface area contributed by atoms with Crippen molar-refractivity contribution in [1.29, 1.82) is 0 Å². The monoisotopic (exact) mass is 1310 g/mol. The Morgan fingerprint density at radius 3 is 1.28 bits per heavy atom. The highest BCUT2D eigenvalue weighted by Crippen LogP contribution is 2.70. The van der Waals surface area contributed by atoms with Crippen LogP contribution >= 0.6 is 0 Å². The van der Waals surface area contributed by atoms with E-state index in [1.807, 2.05) is 45.9 Å². The van der Waals surface area contributed by atoms with Crippen molar-refractivity contribution >= 4 is 11.9 Å². The smallest absolute Gasteiger partial charge is 0.312 e. The van der Waals surface area contributed by atoms with Crippen molar-refractivity contribution in [3.63, 3.8) is 0 Å². The molecule has 15 atom stereocenters. The van der Waals surface area contributed by atoms with Gasteiger partial charge in [0.25, 0.3) is 0 Å². The highest BCUT2D eigenvalue weighted by molar-refractivity contribution is 5.77. The quantitative estimate of drug-likeness (QED) is 0.104. The number of aliphatic hydroxyl groups excluding tert-OH is 1. The van der Waals surface area contributed by atoms with Crippen molar-refractivity contribution in [3.05, 3.63) is 87.2 Å². The molecule has 3 aromatic carbocycles. The van der Waals surface area contributed by atoms with E-state index in [0.717, 1.165) is 161 Å². The van der Waals surface area contributed by atoms with E-state index in [1.54, 1.807) is 39.5 Å². The highest BCUT2D eigenvalue weighted by Gasteiger charge is 2.67. The van der Waals surface area contributed by atoms with Crippen LogP contribution in [0.25, 0.3) is 0 Å². The summed E-state index contributed by atoms with van der Waals surface area (Å²) >= 11 is 0. The standard InChI is InChI=1S/C27H37FO4.C25H33FO4.C25H37FO4.C2H6/c1-25(2)11-12-27(32-24(25)29)10-8-21-19-6-5-17-15-23(31-14-13-30-4)22(28)16-20(17)18(19)7-9-26(21,27)3;1-24-10-7-17-18(20(24)8-11-25(24)9-3-4-23(27)30-25)6-5-16-14-22(29-13-12-28-2)21(26)15-19(16)17;1-24-10-7-18-19(21(24)8-11-25(24,28)9-3-4-12-27)6-5-17-15-23(30-14-13-29-2)22(26)16-20(17)18;1-2/h15-16,18-19,21H,5-14H2,1-4H3;14-15,17-18,20H,3-13H2,1-2H3;15-16,18-19,21,27-28H,3-14H2,1-2H3;1-2H3/t18?,19?,21?,26-,27+;17?,18?,20?,24-,25-;18?,19?,21?,24-,25-;/m000./s1. The van der Waals surface area contributed by atoms with Crippen molar-refractivity contribution in [3.8, 4) is 17.2 Å². The Morgan fingerprint density at radius 2 is 0.872 bits per heavy atom. The molecular weight excluding hydrogens is 1200 g/mol. The van der Waals surface area contributed by atoms with Gasteiger partial charge in [0, 0.05) is 45.2 Å². The van der Waals surface area contributed by atoms with Crippen molar-refractivity contribution in [2.45, 2.75) is 250 Å². The Bertz CT molecular complexity index is 3150. The maximum absolute atomic E-state index is 14.9. The lowest BCUT2D eigenvalue weighted by Gasteiger charge is -2.56. The summed E-state index contributed by atoms with van der Waals surface area (Å²) in [6.07, 6.45) is 25.4. The molecule has 2 N–H and O–H groups in total. The minimum atomic E-state index is -0.623. The Labute approximate surface area is 559 Å². The molecule has 6 saturated carbocycles. The minimum absolute atomic E-state index is 0.0117. The lowest BCUT2D eigenvalue weighted by Crippen LogP contribution is -2.56. The molecule has 2 heterocycles. The van der Waals surface area contributed by atoms with Gasteiger partial charge in [-0.15, -0.1) is 0 Å². The maximum atomic E-state index is 14.9. The maximum Gasteiger partial charge on any atom is 0.312 e. The molecule has 94 heavy (non-hydrogen) atoms. The lowest BCUT2D eigenvalue weighted by molar-refractivity contribution is -0.206. The van der Waals surface area contributed by atoms with Crippen molar-refractivity contribution < 1.29 is 70.9 Å². The Balaban J connectivity index is 0.000000142. The van der Waals surface area contributed by atoms with Gasteiger partial charge in [0.2, 0.25) is 0 Å². The summed E-state index contributed by atoms with van der Waals surface area (Å²) in [7, 11) is 4.84. The van der Waals surface area contributed by atoms with Gasteiger partial charge in [-0.3, -0.25) is 9.59 Å². The van der Waals surface area contributed by atoms with Crippen LogP contribution in [-0.4, -0.2) is 107 Å². The van der Waals surface area contributed by atoms with Crippen LogP contribution in [0, 0.1) is 74.6 Å². The fraction of sp³-hybridized carbons (Fsp3) is 0.747. The predicted molar refractivity (Wildman–Crippen MR) is 357 cm³/mol. The number of carbonyl (C=O) groups is 2. The van der Waals surface area contributed by atoms with Crippen LogP contribution in [0.15, 0.2) is 36.4 Å². The number of esters is 2. The van der Waals surface area contributed by atoms with E-state index >= 15 is 0 Å². The first-order valence-corrected chi connectivity index (χ1v) is 36.7. The first kappa shape index (κ1) is 70.9. The van der Waals surface area contributed by atoms with E-state index in [1.165, 1.54) is 33.4 Å². The van der Waals surface area contributed by atoms with E-state index < -0.39 is 5.60 Å². The van der Waals surface area contributed by atoms with Gasteiger partial charge >= 0.3 is 11.9 Å². The van der Waals surface area contributed by atoms with E-state index in [-0.39, 0.29) is 68.9 Å². The van der Waals surface area contributed by atoms with Crippen molar-refractivity contribution in [2.24, 2.45) is 57.2 Å². The molecular formula is C79H113F3O12. The molecule has 0 bridgehead atoms. The molecule has 11 aliphatic rings. The summed E-state index contributed by atoms with van der Waals surface area (Å²) in [5.41, 5.74) is 5.70. The largest absolute Gasteiger partial charge is 0.488 e. The molecule has 9 aliphatic carbocycles. The van der Waals surface area contributed by atoms with Gasteiger partial charge in [0.15, 0.2) is 34.7 Å². The van der Waals surface area contributed by atoms with Gasteiger partial charge in [-0.25, -0.2) is 13.2 Å². The first-order chi connectivity index (χ1) is 45.1. The van der Waals surface area contributed by atoms with Crippen LogP contribution in [0.3, 0.4) is 0 Å². The second-order valence-corrected chi connectivity index (χ2v) is 31.5. The second-order valence-electron chi connectivity index (χ2n) is 31.5. The Hall–Kier alpha value is -4.41. The normalized spacial score (nSPS) is 35.8. The van der Waals surface area contributed by atoms with Gasteiger partial charge in [0.05, 0.1) is 30.8 Å². The first-order valence-electron chi connectivity index (χ1n) is 36.7. The molecule has 2 saturated heterocycles. The third-order valence-corrected chi connectivity index (χ3v) is 27.1. The zero-order valence-corrected chi connectivity index (χ0v) is 58.6. The average Bonchev–Trinajstić information content (AvgIpc) is 1.50. The van der Waals surface area contributed by atoms with Crippen LogP contribution < -0.4 is 14.2 Å². The fourth-order valence-corrected chi connectivity index (χ4v) is 22.0. The SMILES string of the molecule is CC.COCCOc1cc2c(cc1F)C1CC[C@@]3(C)C(CC[C@@]3(O)CCCCO)C1CC2.COCCOc1cc2c(cc1F)C1CC[C@@]3(C)C(CC[C@@]34CCC(C)(C)C(=O)O4)C1CC2.COCCOc1cc2c(cc1F)C1CC[C@@]3(C)C(CC[C@@]34CCCC(=O)O4)C1CC2. The Morgan fingerprint density at radius 1 is 0.468 bits per heavy atom. The Kier molecular flexibility index (Phi) is 21.7. The van der Waals surface area contributed by atoms with Crippen molar-refractivity contribution in [2.75, 3.05) is 67.6 Å². The van der Waals surface area contributed by atoms with E-state index in [9.17, 15) is 27.9 Å². The van der Waals surface area contributed by atoms with E-state index in [2.05, 4.69) is 20.8 Å². The summed E-state index contributed by atoms with van der Waals surface area (Å²) in [6, 6.07) is 11.0. The highest BCUT2D eigenvalue weighted by atomic mass is 19.1. The number of rotatable bonds is 16. The predicted octanol–water partition coefficient (Wildman–Crippen LogP) is 16.6. The van der Waals surface area contributed by atoms with Crippen molar-refractivity contribution in [1.82, 2.24) is 0 Å². The van der Waals surface area contributed by atoms with Crippen LogP contribution in [0.4, 0.5) is 13.2 Å². The molecule has 12 nitrogen and oxygen atoms in total. The number of unbranched alkanes of at least 4 members (excludes halogenated alkanes) is 1. The number of aryl methyl sites for hydroxylation is 3. The molecule has 0 aromatic heterocycles. The number of benzene rings is 3. The molecule has 2 spiro atoms. The molecule has 15 heteroatoms. The van der Waals surface area contributed by atoms with Crippen LogP contribution in [0.1, 0.15) is 247 Å². The van der Waals surface area contributed by atoms with Gasteiger partial charge in [-0.1, -0.05) is 34.6 Å².